The smallest absolute Gasteiger partial charge is 0.142 e. The minimum atomic E-state index is -0.658. The molecule has 2 atom stereocenters. The van der Waals surface area contributed by atoms with Gasteiger partial charge in [-0.25, -0.2) is 4.39 Å². The first-order valence-electron chi connectivity index (χ1n) is 6.49. The molecule has 0 amide bonds. The highest BCUT2D eigenvalue weighted by Gasteiger charge is 2.29. The number of halogens is 2. The Hall–Kier alpha value is -0.450. The van der Waals surface area contributed by atoms with Gasteiger partial charge in [0.25, 0.3) is 0 Å². The fourth-order valence-electron chi connectivity index (χ4n) is 2.73. The maximum Gasteiger partial charge on any atom is 0.142 e. The van der Waals surface area contributed by atoms with Crippen LogP contribution >= 0.6 is 15.9 Å². The summed E-state index contributed by atoms with van der Waals surface area (Å²) in [5.41, 5.74) is 6.42. The molecule has 2 nitrogen and oxygen atoms in total. The minimum Gasteiger partial charge on any atom is -0.391 e. The van der Waals surface area contributed by atoms with E-state index in [4.69, 9.17) is 5.73 Å². The second-order valence-electron chi connectivity index (χ2n) is 5.06. The van der Waals surface area contributed by atoms with Crippen LogP contribution in [0.1, 0.15) is 43.7 Å². The Kier molecular flexibility index (Phi) is 4.76. The maximum atomic E-state index is 13.9. The molecule has 18 heavy (non-hydrogen) atoms. The summed E-state index contributed by atoms with van der Waals surface area (Å²) in [5, 5.41) is 10.3. The summed E-state index contributed by atoms with van der Waals surface area (Å²) < 4.78 is 14.3. The molecular formula is C14H19BrFNO. The van der Waals surface area contributed by atoms with Gasteiger partial charge in [-0.1, -0.05) is 31.4 Å². The Bertz CT molecular complexity index is 407. The van der Waals surface area contributed by atoms with Crippen molar-refractivity contribution in [2.75, 3.05) is 0 Å². The van der Waals surface area contributed by atoms with Crippen molar-refractivity contribution < 1.29 is 9.50 Å². The van der Waals surface area contributed by atoms with Gasteiger partial charge in [0.15, 0.2) is 0 Å². The molecule has 1 aliphatic rings. The van der Waals surface area contributed by atoms with E-state index in [2.05, 4.69) is 15.9 Å². The standard InChI is InChI=1S/C14H19BrFNO/c15-11-8-4-7-10(12(11)16)13(17)14(18)9-5-2-1-3-6-9/h4,7-9,13-14,18H,1-3,5-6,17H2/t13-,14+/m1/s1. The van der Waals surface area contributed by atoms with Crippen molar-refractivity contribution in [1.29, 1.82) is 0 Å². The molecule has 0 aromatic heterocycles. The fraction of sp³-hybridized carbons (Fsp3) is 0.571. The third-order valence-electron chi connectivity index (χ3n) is 3.84. The number of nitrogens with two attached hydrogens (primary N) is 1. The van der Waals surface area contributed by atoms with E-state index in [1.165, 1.54) is 6.42 Å². The molecule has 0 bridgehead atoms. The van der Waals surface area contributed by atoms with Gasteiger partial charge in [-0.3, -0.25) is 0 Å². The number of benzene rings is 1. The van der Waals surface area contributed by atoms with Gasteiger partial charge in [0.05, 0.1) is 16.6 Å². The lowest BCUT2D eigenvalue weighted by Gasteiger charge is -2.30. The largest absolute Gasteiger partial charge is 0.391 e. The van der Waals surface area contributed by atoms with Gasteiger partial charge in [0.1, 0.15) is 5.82 Å². The van der Waals surface area contributed by atoms with E-state index < -0.39 is 12.1 Å². The first-order valence-corrected chi connectivity index (χ1v) is 7.28. The van der Waals surface area contributed by atoms with Crippen molar-refractivity contribution in [2.45, 2.75) is 44.2 Å². The Labute approximate surface area is 116 Å². The first-order chi connectivity index (χ1) is 8.61. The summed E-state index contributed by atoms with van der Waals surface area (Å²) in [5.74, 6) is -0.160. The molecule has 1 aromatic rings. The van der Waals surface area contributed by atoms with Crippen molar-refractivity contribution in [2.24, 2.45) is 11.7 Å². The average molecular weight is 316 g/mol. The topological polar surface area (TPSA) is 46.2 Å². The highest BCUT2D eigenvalue weighted by Crippen LogP contribution is 2.33. The predicted octanol–water partition coefficient (Wildman–Crippen LogP) is 3.53. The zero-order valence-corrected chi connectivity index (χ0v) is 11.9. The zero-order chi connectivity index (χ0) is 13.1. The van der Waals surface area contributed by atoms with Crippen LogP contribution in [0, 0.1) is 11.7 Å². The molecule has 0 unspecified atom stereocenters. The number of aliphatic hydroxyl groups excluding tert-OH is 1. The summed E-state index contributed by atoms with van der Waals surface area (Å²) in [7, 11) is 0. The molecule has 1 saturated carbocycles. The van der Waals surface area contributed by atoms with Gasteiger partial charge < -0.3 is 10.8 Å². The molecule has 0 radical (unpaired) electrons. The quantitative estimate of drug-likeness (QED) is 0.896. The summed E-state index contributed by atoms with van der Waals surface area (Å²) in [6.45, 7) is 0. The van der Waals surface area contributed by atoms with Gasteiger partial charge in [-0.15, -0.1) is 0 Å². The molecule has 1 fully saturated rings. The van der Waals surface area contributed by atoms with Crippen LogP contribution in [0.4, 0.5) is 4.39 Å². The Morgan fingerprint density at radius 1 is 1.28 bits per heavy atom. The molecule has 3 N–H and O–H groups in total. The molecule has 0 saturated heterocycles. The third-order valence-corrected chi connectivity index (χ3v) is 4.45. The van der Waals surface area contributed by atoms with Crippen molar-refractivity contribution in [3.8, 4) is 0 Å². The van der Waals surface area contributed by atoms with Crippen LogP contribution in [0.5, 0.6) is 0 Å². The number of rotatable bonds is 3. The Balaban J connectivity index is 2.14. The SMILES string of the molecule is N[C@H](c1cccc(Br)c1F)[C@@H](O)C1CCCCC1. The number of hydrogen-bond acceptors (Lipinski definition) is 2. The van der Waals surface area contributed by atoms with Gasteiger partial charge in [-0.2, -0.15) is 0 Å². The zero-order valence-electron chi connectivity index (χ0n) is 10.3. The highest BCUT2D eigenvalue weighted by molar-refractivity contribution is 9.10. The molecule has 100 valence electrons. The highest BCUT2D eigenvalue weighted by atomic mass is 79.9. The first kappa shape index (κ1) is 14.0. The van der Waals surface area contributed by atoms with Gasteiger partial charge in [0, 0.05) is 5.56 Å². The average Bonchev–Trinajstić information content (AvgIpc) is 2.41. The van der Waals surface area contributed by atoms with E-state index in [9.17, 15) is 9.50 Å². The second-order valence-corrected chi connectivity index (χ2v) is 5.91. The predicted molar refractivity (Wildman–Crippen MR) is 73.6 cm³/mol. The molecule has 0 aliphatic heterocycles. The fourth-order valence-corrected chi connectivity index (χ4v) is 3.11. The normalized spacial score (nSPS) is 20.7. The molecule has 1 aliphatic carbocycles. The lowest BCUT2D eigenvalue weighted by molar-refractivity contribution is 0.0607. The van der Waals surface area contributed by atoms with E-state index >= 15 is 0 Å². The molecular weight excluding hydrogens is 297 g/mol. The van der Waals surface area contributed by atoms with Crippen LogP contribution in [-0.2, 0) is 0 Å². The van der Waals surface area contributed by atoms with E-state index in [1.54, 1.807) is 18.2 Å². The van der Waals surface area contributed by atoms with Crippen molar-refractivity contribution in [3.05, 3.63) is 34.1 Å². The van der Waals surface area contributed by atoms with Gasteiger partial charge in [0.2, 0.25) is 0 Å². The number of hydrogen-bond donors (Lipinski definition) is 2. The lowest BCUT2D eigenvalue weighted by atomic mass is 9.81. The summed E-state index contributed by atoms with van der Waals surface area (Å²) in [4.78, 5) is 0. The molecule has 4 heteroatoms. The van der Waals surface area contributed by atoms with E-state index in [1.807, 2.05) is 0 Å². The van der Waals surface area contributed by atoms with Gasteiger partial charge in [-0.05, 0) is 40.8 Å². The third kappa shape index (κ3) is 2.92. The van der Waals surface area contributed by atoms with Crippen LogP contribution in [0.25, 0.3) is 0 Å². The second kappa shape index (κ2) is 6.13. The van der Waals surface area contributed by atoms with Crippen LogP contribution in [0.3, 0.4) is 0 Å². The van der Waals surface area contributed by atoms with Crippen molar-refractivity contribution in [1.82, 2.24) is 0 Å². The van der Waals surface area contributed by atoms with Crippen molar-refractivity contribution >= 4 is 15.9 Å². The molecule has 0 heterocycles. The van der Waals surface area contributed by atoms with Gasteiger partial charge >= 0.3 is 0 Å². The number of aliphatic hydroxyl groups is 1. The summed E-state index contributed by atoms with van der Waals surface area (Å²) in [6.07, 6.45) is 4.82. The summed E-state index contributed by atoms with van der Waals surface area (Å²) >= 11 is 3.15. The maximum absolute atomic E-state index is 13.9. The van der Waals surface area contributed by atoms with Crippen LogP contribution in [0.15, 0.2) is 22.7 Å². The van der Waals surface area contributed by atoms with Crippen LogP contribution < -0.4 is 5.73 Å². The van der Waals surface area contributed by atoms with Crippen LogP contribution in [-0.4, -0.2) is 11.2 Å². The molecule has 2 rings (SSSR count). The van der Waals surface area contributed by atoms with Crippen molar-refractivity contribution in [3.63, 3.8) is 0 Å². The Morgan fingerprint density at radius 2 is 1.94 bits per heavy atom. The lowest BCUT2D eigenvalue weighted by Crippen LogP contribution is -2.34. The minimum absolute atomic E-state index is 0.201. The molecule has 0 spiro atoms. The Morgan fingerprint density at radius 3 is 2.61 bits per heavy atom. The van der Waals surface area contributed by atoms with E-state index in [0.717, 1.165) is 25.7 Å². The van der Waals surface area contributed by atoms with Crippen LogP contribution in [0.2, 0.25) is 0 Å². The van der Waals surface area contributed by atoms with E-state index in [0.29, 0.717) is 10.0 Å². The molecule has 1 aromatic carbocycles. The van der Waals surface area contributed by atoms with E-state index in [-0.39, 0.29) is 11.7 Å². The monoisotopic (exact) mass is 315 g/mol. The summed E-state index contributed by atoms with van der Waals surface area (Å²) in [6, 6.07) is 4.39.